The number of hydrogen-bond donors (Lipinski definition) is 2. The van der Waals surface area contributed by atoms with Gasteiger partial charge >= 0.3 is 0 Å². The second-order valence-corrected chi connectivity index (χ2v) is 5.46. The van der Waals surface area contributed by atoms with Crippen LogP contribution >= 0.6 is 0 Å². The Kier molecular flexibility index (Phi) is 5.22. The molecular formula is C13H27NO2. The third-order valence-electron chi connectivity index (χ3n) is 4.13. The van der Waals surface area contributed by atoms with E-state index in [-0.39, 0.29) is 0 Å². The monoisotopic (exact) mass is 229 g/mol. The fourth-order valence-electron chi connectivity index (χ4n) is 2.10. The van der Waals surface area contributed by atoms with E-state index in [1.807, 2.05) is 6.92 Å². The Labute approximate surface area is 99.6 Å². The van der Waals surface area contributed by atoms with Gasteiger partial charge in [0.1, 0.15) is 0 Å². The van der Waals surface area contributed by atoms with Gasteiger partial charge < -0.3 is 15.2 Å². The summed E-state index contributed by atoms with van der Waals surface area (Å²) in [5, 5.41) is 13.7. The zero-order chi connectivity index (χ0) is 12.2. The van der Waals surface area contributed by atoms with Gasteiger partial charge in [0.05, 0.1) is 12.2 Å². The molecule has 4 atom stereocenters. The lowest BCUT2D eigenvalue weighted by Gasteiger charge is -2.32. The van der Waals surface area contributed by atoms with E-state index >= 15 is 0 Å². The van der Waals surface area contributed by atoms with Crippen molar-refractivity contribution in [3.8, 4) is 0 Å². The molecule has 0 aromatic heterocycles. The highest BCUT2D eigenvalue weighted by molar-refractivity contribution is 4.84. The van der Waals surface area contributed by atoms with Crippen LogP contribution in [0.1, 0.15) is 40.5 Å². The molecule has 16 heavy (non-hydrogen) atoms. The summed E-state index contributed by atoms with van der Waals surface area (Å²) in [5.74, 6) is 0.930. The van der Waals surface area contributed by atoms with Gasteiger partial charge in [0.15, 0.2) is 0 Å². The Morgan fingerprint density at radius 2 is 2.19 bits per heavy atom. The van der Waals surface area contributed by atoms with Crippen molar-refractivity contribution in [2.75, 3.05) is 19.8 Å². The number of ether oxygens (including phenoxy) is 1. The van der Waals surface area contributed by atoms with Gasteiger partial charge in [-0.1, -0.05) is 20.3 Å². The zero-order valence-electron chi connectivity index (χ0n) is 11.1. The van der Waals surface area contributed by atoms with E-state index in [0.29, 0.717) is 24.4 Å². The first-order chi connectivity index (χ1) is 7.47. The molecule has 4 unspecified atom stereocenters. The topological polar surface area (TPSA) is 41.5 Å². The molecule has 0 spiro atoms. The minimum atomic E-state index is -0.609. The maximum absolute atomic E-state index is 10.3. The number of rotatable bonds is 6. The molecule has 1 heterocycles. The second-order valence-electron chi connectivity index (χ2n) is 5.46. The average Bonchev–Trinajstić information content (AvgIpc) is 2.78. The van der Waals surface area contributed by atoms with Crippen LogP contribution < -0.4 is 5.32 Å². The van der Waals surface area contributed by atoms with Crippen LogP contribution in [0.4, 0.5) is 0 Å². The first-order valence-electron chi connectivity index (χ1n) is 6.51. The van der Waals surface area contributed by atoms with Crippen molar-refractivity contribution in [2.45, 2.75) is 52.2 Å². The molecule has 1 fully saturated rings. The van der Waals surface area contributed by atoms with Gasteiger partial charge in [-0.15, -0.1) is 0 Å². The maximum Gasteiger partial charge on any atom is 0.0768 e. The number of aliphatic hydroxyl groups is 1. The molecule has 96 valence electrons. The van der Waals surface area contributed by atoms with E-state index in [4.69, 9.17) is 4.74 Å². The van der Waals surface area contributed by atoms with Gasteiger partial charge in [0, 0.05) is 19.2 Å². The standard InChI is InChI=1S/C13H27NO2/c1-5-10(2)13(4,15)9-14-11(3)12-6-7-16-8-12/h10-12,14-15H,5-9H2,1-4H3. The zero-order valence-corrected chi connectivity index (χ0v) is 11.1. The van der Waals surface area contributed by atoms with E-state index in [0.717, 1.165) is 26.1 Å². The first kappa shape index (κ1) is 13.9. The van der Waals surface area contributed by atoms with Crippen LogP contribution in [0.5, 0.6) is 0 Å². The van der Waals surface area contributed by atoms with Crippen molar-refractivity contribution in [3.05, 3.63) is 0 Å². The number of hydrogen-bond acceptors (Lipinski definition) is 3. The SMILES string of the molecule is CCC(C)C(C)(O)CNC(C)C1CCOC1. The molecule has 3 heteroatoms. The smallest absolute Gasteiger partial charge is 0.0768 e. The fourth-order valence-corrected chi connectivity index (χ4v) is 2.10. The molecule has 0 aromatic rings. The van der Waals surface area contributed by atoms with Crippen LogP contribution in [0.3, 0.4) is 0 Å². The summed E-state index contributed by atoms with van der Waals surface area (Å²) in [4.78, 5) is 0. The molecule has 0 aliphatic carbocycles. The third-order valence-corrected chi connectivity index (χ3v) is 4.13. The predicted molar refractivity (Wildman–Crippen MR) is 66.5 cm³/mol. The Balaban J connectivity index is 2.32. The normalized spacial score (nSPS) is 28.7. The van der Waals surface area contributed by atoms with Crippen LogP contribution in [0.25, 0.3) is 0 Å². The quantitative estimate of drug-likeness (QED) is 0.730. The fraction of sp³-hybridized carbons (Fsp3) is 1.00. The van der Waals surface area contributed by atoms with E-state index in [9.17, 15) is 5.11 Å². The average molecular weight is 229 g/mol. The van der Waals surface area contributed by atoms with E-state index in [2.05, 4.69) is 26.1 Å². The van der Waals surface area contributed by atoms with Crippen LogP contribution in [-0.2, 0) is 4.74 Å². The van der Waals surface area contributed by atoms with Crippen molar-refractivity contribution in [3.63, 3.8) is 0 Å². The molecule has 1 saturated heterocycles. The van der Waals surface area contributed by atoms with E-state index < -0.39 is 5.60 Å². The number of nitrogens with one attached hydrogen (secondary N) is 1. The summed E-state index contributed by atoms with van der Waals surface area (Å²) in [6.07, 6.45) is 2.15. The molecule has 2 N–H and O–H groups in total. The molecular weight excluding hydrogens is 202 g/mol. The van der Waals surface area contributed by atoms with Crippen LogP contribution in [0.2, 0.25) is 0 Å². The van der Waals surface area contributed by atoms with Crippen LogP contribution in [0.15, 0.2) is 0 Å². The van der Waals surface area contributed by atoms with Gasteiger partial charge in [0.25, 0.3) is 0 Å². The van der Waals surface area contributed by atoms with Gasteiger partial charge in [-0.3, -0.25) is 0 Å². The highest BCUT2D eigenvalue weighted by atomic mass is 16.5. The van der Waals surface area contributed by atoms with Crippen molar-refractivity contribution >= 4 is 0 Å². The summed E-state index contributed by atoms with van der Waals surface area (Å²) < 4.78 is 5.38. The minimum absolute atomic E-state index is 0.326. The maximum atomic E-state index is 10.3. The lowest BCUT2D eigenvalue weighted by Crippen LogP contribution is -2.47. The summed E-state index contributed by atoms with van der Waals surface area (Å²) in [7, 11) is 0. The van der Waals surface area contributed by atoms with Crippen molar-refractivity contribution < 1.29 is 9.84 Å². The van der Waals surface area contributed by atoms with Crippen molar-refractivity contribution in [1.82, 2.24) is 5.32 Å². The lowest BCUT2D eigenvalue weighted by molar-refractivity contribution is 0.00201. The van der Waals surface area contributed by atoms with E-state index in [1.54, 1.807) is 0 Å². The van der Waals surface area contributed by atoms with Gasteiger partial charge in [-0.2, -0.15) is 0 Å². The van der Waals surface area contributed by atoms with Crippen molar-refractivity contribution in [2.24, 2.45) is 11.8 Å². The molecule has 1 rings (SSSR count). The molecule has 0 aromatic carbocycles. The molecule has 0 bridgehead atoms. The third kappa shape index (κ3) is 3.72. The van der Waals surface area contributed by atoms with Gasteiger partial charge in [0.2, 0.25) is 0 Å². The van der Waals surface area contributed by atoms with Gasteiger partial charge in [-0.05, 0) is 32.1 Å². The Morgan fingerprint density at radius 1 is 1.50 bits per heavy atom. The van der Waals surface area contributed by atoms with E-state index in [1.165, 1.54) is 0 Å². The molecule has 1 aliphatic rings. The van der Waals surface area contributed by atoms with Crippen LogP contribution in [0, 0.1) is 11.8 Å². The van der Waals surface area contributed by atoms with Crippen LogP contribution in [-0.4, -0.2) is 36.5 Å². The predicted octanol–water partition coefficient (Wildman–Crippen LogP) is 1.80. The van der Waals surface area contributed by atoms with Crippen molar-refractivity contribution in [1.29, 1.82) is 0 Å². The minimum Gasteiger partial charge on any atom is -0.389 e. The Morgan fingerprint density at radius 3 is 2.69 bits per heavy atom. The highest BCUT2D eigenvalue weighted by Crippen LogP contribution is 2.21. The summed E-state index contributed by atoms with van der Waals surface area (Å²) in [5.41, 5.74) is -0.609. The Hall–Kier alpha value is -0.120. The molecule has 0 saturated carbocycles. The highest BCUT2D eigenvalue weighted by Gasteiger charge is 2.29. The Bertz CT molecular complexity index is 200. The second kappa shape index (κ2) is 5.99. The molecule has 0 radical (unpaired) electrons. The molecule has 0 amide bonds. The first-order valence-corrected chi connectivity index (χ1v) is 6.51. The summed E-state index contributed by atoms with van der Waals surface area (Å²) in [6, 6.07) is 0.429. The van der Waals surface area contributed by atoms with Gasteiger partial charge in [-0.25, -0.2) is 0 Å². The molecule has 1 aliphatic heterocycles. The lowest BCUT2D eigenvalue weighted by atomic mass is 9.88. The summed E-state index contributed by atoms with van der Waals surface area (Å²) >= 11 is 0. The molecule has 3 nitrogen and oxygen atoms in total. The largest absolute Gasteiger partial charge is 0.389 e. The summed E-state index contributed by atoms with van der Waals surface area (Å²) in [6.45, 7) is 10.7.